The monoisotopic (exact) mass is 467 g/mol. The topological polar surface area (TPSA) is 82.2 Å². The Labute approximate surface area is 182 Å². The highest BCUT2D eigenvalue weighted by atomic mass is 79.9. The number of fused-ring (bicyclic) bond motifs is 1. The first-order valence-electron chi connectivity index (χ1n) is 10.3. The van der Waals surface area contributed by atoms with E-state index in [2.05, 4.69) is 31.1 Å². The number of anilines is 1. The van der Waals surface area contributed by atoms with E-state index in [4.69, 9.17) is 0 Å². The van der Waals surface area contributed by atoms with Crippen molar-refractivity contribution in [3.05, 3.63) is 52.8 Å². The Morgan fingerprint density at radius 3 is 2.97 bits per heavy atom. The van der Waals surface area contributed by atoms with Gasteiger partial charge in [-0.05, 0) is 49.1 Å². The fraction of sp³-hybridized carbons (Fsp3) is 0.364. The summed E-state index contributed by atoms with van der Waals surface area (Å²) >= 11 is 3.45. The number of H-pyrrole nitrogens is 1. The molecule has 4 heterocycles. The summed E-state index contributed by atoms with van der Waals surface area (Å²) in [5.41, 5.74) is 1.92. The number of piperidine rings is 1. The van der Waals surface area contributed by atoms with Crippen molar-refractivity contribution in [1.82, 2.24) is 20.1 Å². The Morgan fingerprint density at radius 1 is 1.23 bits per heavy atom. The molecule has 0 spiro atoms. The average Bonchev–Trinajstić information content (AvgIpc) is 3.36. The fourth-order valence-electron chi connectivity index (χ4n) is 4.61. The maximum Gasteiger partial charge on any atom is 0.229 e. The van der Waals surface area contributed by atoms with Gasteiger partial charge in [0.2, 0.25) is 11.8 Å². The quantitative estimate of drug-likeness (QED) is 0.634. The highest BCUT2D eigenvalue weighted by Gasteiger charge is 2.41. The van der Waals surface area contributed by atoms with Gasteiger partial charge >= 0.3 is 0 Å². The van der Waals surface area contributed by atoms with Gasteiger partial charge in [-0.1, -0.05) is 22.0 Å². The van der Waals surface area contributed by atoms with Gasteiger partial charge < -0.3 is 4.90 Å². The second-order valence-corrected chi connectivity index (χ2v) is 8.89. The van der Waals surface area contributed by atoms with Crippen LogP contribution in [0.15, 0.2) is 47.2 Å². The molecule has 2 saturated heterocycles. The third-order valence-corrected chi connectivity index (χ3v) is 6.58. The lowest BCUT2D eigenvalue weighted by Crippen LogP contribution is -2.42. The second-order valence-electron chi connectivity index (χ2n) is 7.97. The van der Waals surface area contributed by atoms with Gasteiger partial charge in [-0.25, -0.2) is 0 Å². The van der Waals surface area contributed by atoms with Gasteiger partial charge in [-0.15, -0.1) is 0 Å². The second kappa shape index (κ2) is 7.83. The van der Waals surface area contributed by atoms with Crippen LogP contribution in [0.2, 0.25) is 0 Å². The van der Waals surface area contributed by atoms with Gasteiger partial charge in [0, 0.05) is 41.8 Å². The number of aromatic amines is 1. The van der Waals surface area contributed by atoms with Crippen LogP contribution in [0.1, 0.15) is 37.3 Å². The Hall–Kier alpha value is -2.74. The van der Waals surface area contributed by atoms with Crippen LogP contribution in [0.4, 0.5) is 5.82 Å². The number of carbonyl (C=O) groups excluding carboxylic acids is 2. The molecule has 1 aromatic carbocycles. The minimum atomic E-state index is -0.350. The van der Waals surface area contributed by atoms with Crippen LogP contribution in [0, 0.1) is 5.92 Å². The molecule has 2 amide bonds. The molecule has 2 aromatic heterocycles. The molecule has 0 aliphatic carbocycles. The number of pyridine rings is 1. The Kier molecular flexibility index (Phi) is 5.02. The zero-order valence-corrected chi connectivity index (χ0v) is 18.0. The molecular weight excluding hydrogens is 446 g/mol. The summed E-state index contributed by atoms with van der Waals surface area (Å²) in [6.45, 7) is 1.09. The first kappa shape index (κ1) is 19.2. The number of likely N-dealkylation sites (tertiary alicyclic amines) is 1. The predicted molar refractivity (Wildman–Crippen MR) is 117 cm³/mol. The van der Waals surface area contributed by atoms with E-state index in [9.17, 15) is 9.59 Å². The number of carbonyl (C=O) groups is 2. The van der Waals surface area contributed by atoms with E-state index in [1.807, 2.05) is 41.4 Å². The minimum Gasteiger partial charge on any atom is -0.335 e. The molecule has 0 saturated carbocycles. The molecule has 1 N–H and O–H groups in total. The van der Waals surface area contributed by atoms with Crippen LogP contribution in [0.25, 0.3) is 10.9 Å². The molecule has 2 atom stereocenters. The lowest BCUT2D eigenvalue weighted by molar-refractivity contribution is -0.139. The van der Waals surface area contributed by atoms with Crippen LogP contribution in [0.5, 0.6) is 0 Å². The lowest BCUT2D eigenvalue weighted by Gasteiger charge is -2.37. The molecule has 30 heavy (non-hydrogen) atoms. The number of aromatic nitrogens is 3. The molecule has 0 unspecified atom stereocenters. The molecule has 154 valence electrons. The molecule has 0 bridgehead atoms. The van der Waals surface area contributed by atoms with Gasteiger partial charge in [0.05, 0.1) is 17.5 Å². The molecule has 2 fully saturated rings. The number of benzene rings is 1. The van der Waals surface area contributed by atoms with Gasteiger partial charge in [-0.3, -0.25) is 24.6 Å². The largest absolute Gasteiger partial charge is 0.335 e. The molecule has 2 aliphatic rings. The summed E-state index contributed by atoms with van der Waals surface area (Å²) in [6, 6.07) is 9.77. The number of nitrogens with one attached hydrogen (secondary N) is 1. The van der Waals surface area contributed by atoms with Crippen molar-refractivity contribution in [3.63, 3.8) is 0 Å². The third-order valence-electron chi connectivity index (χ3n) is 6.09. The Morgan fingerprint density at radius 2 is 2.13 bits per heavy atom. The highest BCUT2D eigenvalue weighted by Crippen LogP contribution is 2.35. The molecule has 8 heteroatoms. The van der Waals surface area contributed by atoms with E-state index in [1.165, 1.54) is 0 Å². The number of nitrogens with zero attached hydrogens (tertiary/aromatic N) is 4. The predicted octanol–water partition coefficient (Wildman–Crippen LogP) is 3.83. The molecule has 2 aliphatic heterocycles. The van der Waals surface area contributed by atoms with E-state index < -0.39 is 0 Å². The van der Waals surface area contributed by atoms with Crippen molar-refractivity contribution < 1.29 is 9.59 Å². The molecular formula is C22H22BrN5O2. The standard InChI is InChI=1S/C22H22BrN5O2/c23-16-6-7-17-18(11-16)25-26-21(17)28-13-15(10-20(28)29)22(30)27-9-2-1-5-19(27)14-4-3-8-24-12-14/h3-4,6-8,11-12,15,19H,1-2,5,9-10,13H2,(H,25,26)/t15-,19-/m1/s1. The van der Waals surface area contributed by atoms with Crippen molar-refractivity contribution in [2.75, 3.05) is 18.0 Å². The maximum atomic E-state index is 13.4. The van der Waals surface area contributed by atoms with E-state index in [-0.39, 0.29) is 30.2 Å². The van der Waals surface area contributed by atoms with E-state index >= 15 is 0 Å². The Bertz CT molecular complexity index is 1100. The summed E-state index contributed by atoms with van der Waals surface area (Å²) in [5.74, 6) is 0.249. The van der Waals surface area contributed by atoms with Crippen molar-refractivity contribution in [1.29, 1.82) is 0 Å². The minimum absolute atomic E-state index is 0.0349. The van der Waals surface area contributed by atoms with E-state index in [1.54, 1.807) is 11.1 Å². The number of rotatable bonds is 3. The van der Waals surface area contributed by atoms with Crippen molar-refractivity contribution >= 4 is 44.5 Å². The van der Waals surface area contributed by atoms with Crippen LogP contribution in [0.3, 0.4) is 0 Å². The summed E-state index contributed by atoms with van der Waals surface area (Å²) in [6.07, 6.45) is 6.83. The van der Waals surface area contributed by atoms with Crippen LogP contribution in [-0.2, 0) is 9.59 Å². The molecule has 5 rings (SSSR count). The summed E-state index contributed by atoms with van der Waals surface area (Å²) in [7, 11) is 0. The summed E-state index contributed by atoms with van der Waals surface area (Å²) in [4.78, 5) is 34.1. The molecule has 0 radical (unpaired) electrons. The van der Waals surface area contributed by atoms with E-state index in [0.29, 0.717) is 12.4 Å². The van der Waals surface area contributed by atoms with Crippen LogP contribution in [-0.4, -0.2) is 45.0 Å². The van der Waals surface area contributed by atoms with E-state index in [0.717, 1.165) is 46.7 Å². The highest BCUT2D eigenvalue weighted by molar-refractivity contribution is 9.10. The summed E-state index contributed by atoms with van der Waals surface area (Å²) < 4.78 is 0.942. The number of hydrogen-bond acceptors (Lipinski definition) is 4. The maximum absolute atomic E-state index is 13.4. The average molecular weight is 468 g/mol. The van der Waals surface area contributed by atoms with Gasteiger partial charge in [-0.2, -0.15) is 5.10 Å². The zero-order valence-electron chi connectivity index (χ0n) is 16.4. The number of hydrogen-bond donors (Lipinski definition) is 1. The number of amides is 2. The van der Waals surface area contributed by atoms with Crippen molar-refractivity contribution in [3.8, 4) is 0 Å². The van der Waals surface area contributed by atoms with Gasteiger partial charge in [0.1, 0.15) is 0 Å². The fourth-order valence-corrected chi connectivity index (χ4v) is 4.97. The lowest BCUT2D eigenvalue weighted by atomic mass is 9.94. The molecule has 3 aromatic rings. The number of halogens is 1. The van der Waals surface area contributed by atoms with Crippen molar-refractivity contribution in [2.24, 2.45) is 5.92 Å². The smallest absolute Gasteiger partial charge is 0.229 e. The molecule has 7 nitrogen and oxygen atoms in total. The SMILES string of the molecule is O=C1C[C@@H](C(=O)N2CCCC[C@@H]2c2cccnc2)CN1c1n[nH]c2cc(Br)ccc12. The van der Waals surface area contributed by atoms with Gasteiger partial charge in [0.15, 0.2) is 5.82 Å². The van der Waals surface area contributed by atoms with Crippen LogP contribution >= 0.6 is 15.9 Å². The normalized spacial score (nSPS) is 22.1. The van der Waals surface area contributed by atoms with Gasteiger partial charge in [0.25, 0.3) is 0 Å². The first-order valence-corrected chi connectivity index (χ1v) is 11.1. The van der Waals surface area contributed by atoms with Crippen molar-refractivity contribution in [2.45, 2.75) is 31.7 Å². The third kappa shape index (κ3) is 3.39. The van der Waals surface area contributed by atoms with Crippen LogP contribution < -0.4 is 4.90 Å². The zero-order chi connectivity index (χ0) is 20.7. The first-order chi connectivity index (χ1) is 14.6. The Balaban J connectivity index is 1.38. The summed E-state index contributed by atoms with van der Waals surface area (Å²) in [5, 5.41) is 8.23.